The summed E-state index contributed by atoms with van der Waals surface area (Å²) >= 11 is 0. The zero-order valence-electron chi connectivity index (χ0n) is 26.0. The van der Waals surface area contributed by atoms with Crippen LogP contribution in [-0.4, -0.2) is 0 Å². The van der Waals surface area contributed by atoms with Crippen molar-refractivity contribution < 1.29 is 0 Å². The van der Waals surface area contributed by atoms with E-state index in [0.29, 0.717) is 11.8 Å². The zero-order valence-corrected chi connectivity index (χ0v) is 26.0. The van der Waals surface area contributed by atoms with Gasteiger partial charge in [0.15, 0.2) is 0 Å². The maximum atomic E-state index is 3.88. The van der Waals surface area contributed by atoms with Crippen LogP contribution < -0.4 is 10.6 Å². The number of benzene rings is 6. The Hall–Kier alpha value is -4.56. The molecule has 0 heterocycles. The molecule has 0 amide bonds. The van der Waals surface area contributed by atoms with Crippen LogP contribution in [0.3, 0.4) is 0 Å². The van der Waals surface area contributed by atoms with E-state index in [1.807, 2.05) is 0 Å². The number of anilines is 4. The third-order valence-corrected chi connectivity index (χ3v) is 9.42. The lowest BCUT2D eigenvalue weighted by molar-refractivity contribution is 0.661. The minimum Gasteiger partial charge on any atom is -0.355 e. The van der Waals surface area contributed by atoms with Gasteiger partial charge in [-0.25, -0.2) is 0 Å². The zero-order chi connectivity index (χ0) is 29.9. The summed E-state index contributed by atoms with van der Waals surface area (Å²) in [6, 6.07) is 40.4. The van der Waals surface area contributed by atoms with Crippen molar-refractivity contribution in [2.24, 2.45) is 0 Å². The topological polar surface area (TPSA) is 24.1 Å². The lowest BCUT2D eigenvalue weighted by Gasteiger charge is -2.24. The molecule has 0 spiro atoms. The molecular weight excluding hydrogens is 520 g/mol. The third kappa shape index (κ3) is 4.57. The van der Waals surface area contributed by atoms with Crippen LogP contribution in [0.15, 0.2) is 109 Å². The Morgan fingerprint density at radius 3 is 1.44 bits per heavy atom. The molecule has 6 aromatic carbocycles. The largest absolute Gasteiger partial charge is 0.355 e. The summed E-state index contributed by atoms with van der Waals surface area (Å²) in [6.45, 7) is 13.7. The van der Waals surface area contributed by atoms with E-state index in [2.05, 4.69) is 161 Å². The van der Waals surface area contributed by atoms with Crippen LogP contribution >= 0.6 is 0 Å². The molecule has 0 atom stereocenters. The van der Waals surface area contributed by atoms with Crippen molar-refractivity contribution in [2.45, 2.75) is 58.8 Å². The summed E-state index contributed by atoms with van der Waals surface area (Å²) in [6.07, 6.45) is 0. The van der Waals surface area contributed by atoms with Gasteiger partial charge in [0, 0.05) is 38.3 Å². The Bertz CT molecular complexity index is 1980. The molecule has 214 valence electrons. The fraction of sp³-hybridized carbons (Fsp3) is 0.220. The molecule has 0 unspecified atom stereocenters. The lowest BCUT2D eigenvalue weighted by Crippen LogP contribution is -2.15. The average molecular weight is 561 g/mol. The number of rotatable bonds is 6. The molecule has 43 heavy (non-hydrogen) atoms. The van der Waals surface area contributed by atoms with Gasteiger partial charge < -0.3 is 10.6 Å². The van der Waals surface area contributed by atoms with E-state index in [-0.39, 0.29) is 5.41 Å². The highest BCUT2D eigenvalue weighted by Gasteiger charge is 2.36. The maximum absolute atomic E-state index is 3.88. The lowest BCUT2D eigenvalue weighted by atomic mass is 9.81. The molecule has 0 aliphatic heterocycles. The highest BCUT2D eigenvalue weighted by molar-refractivity contribution is 6.22. The predicted octanol–water partition coefficient (Wildman–Crippen LogP) is 12.0. The summed E-state index contributed by atoms with van der Waals surface area (Å²) < 4.78 is 0. The Morgan fingerprint density at radius 2 is 0.930 bits per heavy atom. The van der Waals surface area contributed by atoms with Crippen LogP contribution in [0.5, 0.6) is 0 Å². The van der Waals surface area contributed by atoms with E-state index in [1.54, 1.807) is 0 Å². The Kier molecular flexibility index (Phi) is 6.54. The first-order chi connectivity index (χ1) is 20.7. The van der Waals surface area contributed by atoms with E-state index in [4.69, 9.17) is 0 Å². The summed E-state index contributed by atoms with van der Waals surface area (Å²) in [5, 5.41) is 12.6. The van der Waals surface area contributed by atoms with Gasteiger partial charge in [0.05, 0.1) is 11.4 Å². The first-order valence-electron chi connectivity index (χ1n) is 15.6. The van der Waals surface area contributed by atoms with Gasteiger partial charge in [-0.2, -0.15) is 0 Å². The minimum atomic E-state index is -0.0811. The summed E-state index contributed by atoms with van der Waals surface area (Å²) in [5.74, 6) is 1.00. The van der Waals surface area contributed by atoms with Crippen molar-refractivity contribution in [1.29, 1.82) is 0 Å². The molecule has 0 aromatic heterocycles. The van der Waals surface area contributed by atoms with Crippen LogP contribution in [0.4, 0.5) is 22.7 Å². The number of fused-ring (bicyclic) bond motifs is 5. The van der Waals surface area contributed by atoms with E-state index >= 15 is 0 Å². The SMILES string of the molecule is CC(C)c1ccc(Nc2c3ccccc3c(Nc3ccc(C(C)C)cc3)c3cc4c(cc23)-c2ccccc2C4(C)C)cc1. The van der Waals surface area contributed by atoms with Gasteiger partial charge in [0.2, 0.25) is 0 Å². The van der Waals surface area contributed by atoms with Crippen LogP contribution in [0.2, 0.25) is 0 Å². The van der Waals surface area contributed by atoms with Crippen molar-refractivity contribution in [3.63, 3.8) is 0 Å². The second kappa shape index (κ2) is 10.3. The molecule has 0 fully saturated rings. The van der Waals surface area contributed by atoms with Gasteiger partial charge in [0.1, 0.15) is 0 Å². The van der Waals surface area contributed by atoms with Gasteiger partial charge in [0.25, 0.3) is 0 Å². The smallest absolute Gasteiger partial charge is 0.0545 e. The third-order valence-electron chi connectivity index (χ3n) is 9.42. The molecule has 1 aliphatic carbocycles. The number of hydrogen-bond acceptors (Lipinski definition) is 2. The van der Waals surface area contributed by atoms with Crippen LogP contribution in [0.1, 0.15) is 75.6 Å². The fourth-order valence-corrected chi connectivity index (χ4v) is 6.83. The summed E-state index contributed by atoms with van der Waals surface area (Å²) in [4.78, 5) is 0. The average Bonchev–Trinajstić information content (AvgIpc) is 3.24. The monoisotopic (exact) mass is 560 g/mol. The van der Waals surface area contributed by atoms with Crippen molar-refractivity contribution >= 4 is 44.3 Å². The Morgan fingerprint density at radius 1 is 0.465 bits per heavy atom. The highest BCUT2D eigenvalue weighted by atomic mass is 14.9. The summed E-state index contributed by atoms with van der Waals surface area (Å²) in [5.41, 5.74) is 12.5. The second-order valence-corrected chi connectivity index (χ2v) is 13.2. The molecule has 2 nitrogen and oxygen atoms in total. The fourth-order valence-electron chi connectivity index (χ4n) is 6.83. The molecule has 2 N–H and O–H groups in total. The quantitative estimate of drug-likeness (QED) is 0.156. The molecular formula is C41H40N2. The molecule has 2 heteroatoms. The Labute approximate surface area is 255 Å². The van der Waals surface area contributed by atoms with Crippen LogP contribution in [0, 0.1) is 0 Å². The normalized spacial score (nSPS) is 13.5. The Balaban J connectivity index is 1.49. The maximum Gasteiger partial charge on any atom is 0.0545 e. The van der Waals surface area contributed by atoms with E-state index < -0.39 is 0 Å². The van der Waals surface area contributed by atoms with Gasteiger partial charge >= 0.3 is 0 Å². The number of hydrogen-bond donors (Lipinski definition) is 2. The highest BCUT2D eigenvalue weighted by Crippen LogP contribution is 2.52. The van der Waals surface area contributed by atoms with Crippen molar-refractivity contribution in [2.75, 3.05) is 10.6 Å². The van der Waals surface area contributed by atoms with Crippen molar-refractivity contribution in [1.82, 2.24) is 0 Å². The van der Waals surface area contributed by atoms with Gasteiger partial charge in [-0.3, -0.25) is 0 Å². The molecule has 7 rings (SSSR count). The van der Waals surface area contributed by atoms with E-state index in [9.17, 15) is 0 Å². The van der Waals surface area contributed by atoms with Gasteiger partial charge in [-0.15, -0.1) is 0 Å². The second-order valence-electron chi connectivity index (χ2n) is 13.2. The molecule has 0 bridgehead atoms. The van der Waals surface area contributed by atoms with Gasteiger partial charge in [-0.05, 0) is 81.6 Å². The molecule has 0 saturated carbocycles. The van der Waals surface area contributed by atoms with E-state index in [1.165, 1.54) is 54.9 Å². The first kappa shape index (κ1) is 27.3. The van der Waals surface area contributed by atoms with Crippen molar-refractivity contribution in [3.05, 3.63) is 131 Å². The molecule has 0 saturated heterocycles. The van der Waals surface area contributed by atoms with Crippen LogP contribution in [0.25, 0.3) is 32.7 Å². The standard InChI is InChI=1S/C41H40N2/c1-25(2)27-15-19-29(20-16-27)42-39-32-12-7-8-13-33(32)40(43-30-21-17-28(18-22-30)26(3)4)36-24-38-34(23-35(36)39)31-11-9-10-14-37(31)41(38,5)6/h7-26,42-43H,1-6H3. The van der Waals surface area contributed by atoms with Gasteiger partial charge in [-0.1, -0.05) is 114 Å². The summed E-state index contributed by atoms with van der Waals surface area (Å²) in [7, 11) is 0. The van der Waals surface area contributed by atoms with Crippen molar-refractivity contribution in [3.8, 4) is 11.1 Å². The molecule has 0 radical (unpaired) electrons. The minimum absolute atomic E-state index is 0.0811. The molecule has 6 aromatic rings. The first-order valence-corrected chi connectivity index (χ1v) is 15.6. The van der Waals surface area contributed by atoms with E-state index in [0.717, 1.165) is 22.7 Å². The van der Waals surface area contributed by atoms with Crippen LogP contribution in [-0.2, 0) is 5.41 Å². The molecule has 1 aliphatic rings. The predicted molar refractivity (Wildman–Crippen MR) is 187 cm³/mol. The number of nitrogens with one attached hydrogen (secondary N) is 2.